The van der Waals surface area contributed by atoms with E-state index in [1.807, 2.05) is 6.07 Å². The Morgan fingerprint density at radius 3 is 1.46 bits per heavy atom. The number of hydrogen-bond acceptors (Lipinski definition) is 5. The van der Waals surface area contributed by atoms with Crippen LogP contribution in [0.2, 0.25) is 0 Å². The Morgan fingerprint density at radius 2 is 1.21 bits per heavy atom. The van der Waals surface area contributed by atoms with E-state index >= 15 is 0 Å². The Labute approximate surface area is 142 Å². The number of nitrogens with zero attached hydrogens (tertiary/aromatic N) is 2. The fourth-order valence-corrected chi connectivity index (χ4v) is 2.22. The normalized spacial score (nSPS) is 9.75. The monoisotopic (exact) mass is 324 g/mol. The minimum atomic E-state index is -1.35. The minimum Gasteiger partial charge on any atom is -0.497 e. The zero-order valence-corrected chi connectivity index (χ0v) is 14.0. The van der Waals surface area contributed by atoms with Crippen LogP contribution in [0.3, 0.4) is 0 Å². The van der Waals surface area contributed by atoms with E-state index in [9.17, 15) is 5.11 Å². The van der Waals surface area contributed by atoms with Crippen molar-refractivity contribution in [3.8, 4) is 23.6 Å². The Kier molecular flexibility index (Phi) is 7.29. The molecule has 0 saturated carbocycles. The SMILES string of the molecule is CC#N.COc1ccc(C(O)(CC#N)c2ccc(OC)cc2)cc1. The smallest absolute Gasteiger partial charge is 0.128 e. The third kappa shape index (κ3) is 4.49. The summed E-state index contributed by atoms with van der Waals surface area (Å²) >= 11 is 0. The first-order valence-corrected chi connectivity index (χ1v) is 7.25. The summed E-state index contributed by atoms with van der Waals surface area (Å²) in [6.45, 7) is 1.43. The number of ether oxygens (including phenoxy) is 2. The summed E-state index contributed by atoms with van der Waals surface area (Å²) in [6.07, 6.45) is -0.0361. The predicted molar refractivity (Wildman–Crippen MR) is 90.5 cm³/mol. The first-order valence-electron chi connectivity index (χ1n) is 7.25. The van der Waals surface area contributed by atoms with Gasteiger partial charge in [-0.2, -0.15) is 10.5 Å². The molecule has 0 radical (unpaired) electrons. The van der Waals surface area contributed by atoms with Crippen LogP contribution in [0.15, 0.2) is 48.5 Å². The maximum absolute atomic E-state index is 11.0. The Bertz CT molecular complexity index is 663. The van der Waals surface area contributed by atoms with E-state index in [2.05, 4.69) is 0 Å². The third-order valence-electron chi connectivity index (χ3n) is 3.47. The van der Waals surface area contributed by atoms with Crippen LogP contribution in [-0.2, 0) is 5.60 Å². The average molecular weight is 324 g/mol. The molecule has 2 aromatic carbocycles. The van der Waals surface area contributed by atoms with Crippen LogP contribution in [0.25, 0.3) is 0 Å². The molecule has 0 aliphatic rings. The quantitative estimate of drug-likeness (QED) is 0.911. The van der Waals surface area contributed by atoms with Gasteiger partial charge in [-0.25, -0.2) is 0 Å². The molecule has 0 spiro atoms. The highest BCUT2D eigenvalue weighted by Crippen LogP contribution is 2.34. The number of benzene rings is 2. The lowest BCUT2D eigenvalue weighted by atomic mass is 9.84. The van der Waals surface area contributed by atoms with E-state index in [0.29, 0.717) is 22.6 Å². The Morgan fingerprint density at radius 1 is 0.875 bits per heavy atom. The molecule has 0 bridgehead atoms. The van der Waals surface area contributed by atoms with Crippen LogP contribution in [0, 0.1) is 22.7 Å². The zero-order valence-electron chi connectivity index (χ0n) is 14.0. The molecule has 2 aromatic rings. The molecule has 5 heteroatoms. The molecule has 0 aliphatic heterocycles. The molecule has 0 aliphatic carbocycles. The number of rotatable bonds is 5. The van der Waals surface area contributed by atoms with E-state index in [0.717, 1.165) is 0 Å². The molecule has 0 fully saturated rings. The van der Waals surface area contributed by atoms with Crippen LogP contribution >= 0.6 is 0 Å². The topological polar surface area (TPSA) is 86.3 Å². The van der Waals surface area contributed by atoms with Crippen molar-refractivity contribution in [2.24, 2.45) is 0 Å². The average Bonchev–Trinajstić information content (AvgIpc) is 2.62. The van der Waals surface area contributed by atoms with Crippen molar-refractivity contribution < 1.29 is 14.6 Å². The highest BCUT2D eigenvalue weighted by atomic mass is 16.5. The maximum Gasteiger partial charge on any atom is 0.128 e. The van der Waals surface area contributed by atoms with Gasteiger partial charge in [0, 0.05) is 6.92 Å². The van der Waals surface area contributed by atoms with Crippen molar-refractivity contribution in [1.82, 2.24) is 0 Å². The molecular weight excluding hydrogens is 304 g/mol. The first kappa shape index (κ1) is 19.0. The molecule has 0 saturated heterocycles. The van der Waals surface area contributed by atoms with Crippen molar-refractivity contribution in [1.29, 1.82) is 10.5 Å². The summed E-state index contributed by atoms with van der Waals surface area (Å²) in [6, 6.07) is 17.9. The number of methoxy groups -OCH3 is 2. The van der Waals surface area contributed by atoms with Gasteiger partial charge in [0.1, 0.15) is 17.1 Å². The van der Waals surface area contributed by atoms with Crippen molar-refractivity contribution >= 4 is 0 Å². The van der Waals surface area contributed by atoms with Gasteiger partial charge in [-0.05, 0) is 35.4 Å². The van der Waals surface area contributed by atoms with Gasteiger partial charge in [0.15, 0.2) is 0 Å². The summed E-state index contributed by atoms with van der Waals surface area (Å²) in [5, 5.41) is 27.4. The maximum atomic E-state index is 11.0. The second-order valence-electron chi connectivity index (χ2n) is 4.88. The summed E-state index contributed by atoms with van der Waals surface area (Å²) in [5.41, 5.74) is -0.0575. The molecule has 1 N–H and O–H groups in total. The largest absolute Gasteiger partial charge is 0.497 e. The molecule has 0 heterocycles. The predicted octanol–water partition coefficient (Wildman–Crippen LogP) is 3.38. The highest BCUT2D eigenvalue weighted by Gasteiger charge is 2.31. The summed E-state index contributed by atoms with van der Waals surface area (Å²) in [4.78, 5) is 0. The molecule has 2 rings (SSSR count). The second kappa shape index (κ2) is 9.19. The number of hydrogen-bond donors (Lipinski definition) is 1. The van der Waals surface area contributed by atoms with Gasteiger partial charge >= 0.3 is 0 Å². The molecule has 0 unspecified atom stereocenters. The van der Waals surface area contributed by atoms with Crippen LogP contribution in [-0.4, -0.2) is 19.3 Å². The summed E-state index contributed by atoms with van der Waals surface area (Å²) in [5.74, 6) is 1.40. The van der Waals surface area contributed by atoms with Gasteiger partial charge in [0.2, 0.25) is 0 Å². The first-order chi connectivity index (χ1) is 11.5. The van der Waals surface area contributed by atoms with E-state index < -0.39 is 5.60 Å². The molecular formula is C19H20N2O3. The standard InChI is InChI=1S/C17H17NO3.C2H3N/c1-20-15-7-3-13(4-8-15)17(19,11-12-18)14-5-9-16(21-2)10-6-14;1-2-3/h3-10,19H,11H2,1-2H3;1H3. The Hall–Kier alpha value is -3.02. The van der Waals surface area contributed by atoms with E-state index in [1.165, 1.54) is 6.92 Å². The minimum absolute atomic E-state index is 0.0361. The van der Waals surface area contributed by atoms with Crippen LogP contribution in [0.5, 0.6) is 11.5 Å². The van der Waals surface area contributed by atoms with Crippen LogP contribution in [0.4, 0.5) is 0 Å². The lowest BCUT2D eigenvalue weighted by Crippen LogP contribution is -2.26. The Balaban J connectivity index is 0.000000891. The van der Waals surface area contributed by atoms with Gasteiger partial charge in [-0.15, -0.1) is 0 Å². The fourth-order valence-electron chi connectivity index (χ4n) is 2.22. The molecule has 124 valence electrons. The lowest BCUT2D eigenvalue weighted by Gasteiger charge is -2.27. The molecule has 0 amide bonds. The van der Waals surface area contributed by atoms with Gasteiger partial charge in [-0.1, -0.05) is 24.3 Å². The third-order valence-corrected chi connectivity index (χ3v) is 3.47. The van der Waals surface area contributed by atoms with Crippen LogP contribution in [0.1, 0.15) is 24.5 Å². The van der Waals surface area contributed by atoms with Gasteiger partial charge in [-0.3, -0.25) is 0 Å². The molecule has 5 nitrogen and oxygen atoms in total. The summed E-state index contributed by atoms with van der Waals surface area (Å²) in [7, 11) is 3.17. The molecule has 0 atom stereocenters. The fraction of sp³-hybridized carbons (Fsp3) is 0.263. The molecule has 0 aromatic heterocycles. The van der Waals surface area contributed by atoms with Crippen molar-refractivity contribution in [2.45, 2.75) is 18.9 Å². The van der Waals surface area contributed by atoms with E-state index in [1.54, 1.807) is 68.8 Å². The van der Waals surface area contributed by atoms with Crippen molar-refractivity contribution in [3.63, 3.8) is 0 Å². The zero-order chi connectivity index (χ0) is 18.0. The number of nitriles is 2. The van der Waals surface area contributed by atoms with Crippen molar-refractivity contribution in [2.75, 3.05) is 14.2 Å². The van der Waals surface area contributed by atoms with Crippen molar-refractivity contribution in [3.05, 3.63) is 59.7 Å². The van der Waals surface area contributed by atoms with Crippen LogP contribution < -0.4 is 9.47 Å². The highest BCUT2D eigenvalue weighted by molar-refractivity contribution is 5.41. The lowest BCUT2D eigenvalue weighted by molar-refractivity contribution is 0.0859. The van der Waals surface area contributed by atoms with Gasteiger partial charge in [0.05, 0.1) is 32.8 Å². The van der Waals surface area contributed by atoms with Gasteiger partial charge < -0.3 is 14.6 Å². The summed E-state index contributed by atoms with van der Waals surface area (Å²) < 4.78 is 10.2. The van der Waals surface area contributed by atoms with Gasteiger partial charge in [0.25, 0.3) is 0 Å². The number of aliphatic hydroxyl groups is 1. The second-order valence-corrected chi connectivity index (χ2v) is 4.88. The molecule has 24 heavy (non-hydrogen) atoms. The van der Waals surface area contributed by atoms with E-state index in [4.69, 9.17) is 20.0 Å². The van der Waals surface area contributed by atoms with E-state index in [-0.39, 0.29) is 6.42 Å².